The molecule has 15 heavy (non-hydrogen) atoms. The minimum absolute atomic E-state index is 0.0101. The Balaban J connectivity index is 1.81. The Bertz CT molecular complexity index is 353. The van der Waals surface area contributed by atoms with Gasteiger partial charge in [0.2, 0.25) is 11.7 Å². The van der Waals surface area contributed by atoms with Crippen LogP contribution in [0, 0.1) is 0 Å². The van der Waals surface area contributed by atoms with Crippen molar-refractivity contribution in [3.63, 3.8) is 0 Å². The molecule has 1 aromatic rings. The van der Waals surface area contributed by atoms with Crippen LogP contribution in [0.2, 0.25) is 0 Å². The van der Waals surface area contributed by atoms with Gasteiger partial charge in [-0.3, -0.25) is 0 Å². The van der Waals surface area contributed by atoms with Gasteiger partial charge in [-0.15, -0.1) is 0 Å². The fourth-order valence-corrected chi connectivity index (χ4v) is 2.02. The van der Waals surface area contributed by atoms with Crippen LogP contribution in [0.4, 0.5) is 0 Å². The number of hydrogen-bond donors (Lipinski definition) is 1. The minimum Gasteiger partial charge on any atom is -0.370 e. The van der Waals surface area contributed by atoms with Crippen LogP contribution in [0.25, 0.3) is 0 Å². The van der Waals surface area contributed by atoms with Crippen molar-refractivity contribution in [3.8, 4) is 0 Å². The Labute approximate surface area is 88.0 Å². The first-order chi connectivity index (χ1) is 7.34. The van der Waals surface area contributed by atoms with Gasteiger partial charge in [-0.05, 0) is 25.7 Å². The fourth-order valence-electron chi connectivity index (χ4n) is 2.02. The number of aromatic nitrogens is 2. The zero-order valence-electron chi connectivity index (χ0n) is 8.61. The van der Waals surface area contributed by atoms with Crippen molar-refractivity contribution in [2.75, 3.05) is 13.2 Å². The van der Waals surface area contributed by atoms with Crippen LogP contribution in [-0.4, -0.2) is 23.3 Å². The summed E-state index contributed by atoms with van der Waals surface area (Å²) in [4.78, 5) is 4.41. The summed E-state index contributed by atoms with van der Waals surface area (Å²) in [6.07, 6.45) is 4.24. The second kappa shape index (κ2) is 3.28. The summed E-state index contributed by atoms with van der Waals surface area (Å²) >= 11 is 0. The molecular formula is C10H15N3O2. The average Bonchev–Trinajstić information content (AvgIpc) is 2.74. The molecule has 2 heterocycles. The Kier molecular flexibility index (Phi) is 2.03. The highest BCUT2D eigenvalue weighted by Crippen LogP contribution is 2.46. The van der Waals surface area contributed by atoms with Crippen LogP contribution < -0.4 is 5.73 Å². The molecule has 1 atom stereocenters. The van der Waals surface area contributed by atoms with Gasteiger partial charge < -0.3 is 15.0 Å². The molecule has 1 saturated heterocycles. The first-order valence-corrected chi connectivity index (χ1v) is 5.50. The Morgan fingerprint density at radius 2 is 2.33 bits per heavy atom. The molecule has 0 radical (unpaired) electrons. The molecule has 5 heteroatoms. The first kappa shape index (κ1) is 9.30. The number of nitrogens with zero attached hydrogens (tertiary/aromatic N) is 2. The zero-order chi connectivity index (χ0) is 10.3. The first-order valence-electron chi connectivity index (χ1n) is 5.50. The van der Waals surface area contributed by atoms with Crippen molar-refractivity contribution in [2.45, 2.75) is 37.2 Å². The molecule has 2 fully saturated rings. The molecule has 3 rings (SSSR count). The number of rotatable bonds is 3. The number of hydrogen-bond acceptors (Lipinski definition) is 5. The van der Waals surface area contributed by atoms with Crippen molar-refractivity contribution < 1.29 is 9.26 Å². The minimum atomic E-state index is -0.0101. The van der Waals surface area contributed by atoms with Crippen LogP contribution in [0.5, 0.6) is 0 Å². The Morgan fingerprint density at radius 1 is 1.47 bits per heavy atom. The van der Waals surface area contributed by atoms with Gasteiger partial charge in [0.15, 0.2) is 0 Å². The maximum atomic E-state index is 5.70. The molecule has 1 unspecified atom stereocenters. The van der Waals surface area contributed by atoms with Crippen molar-refractivity contribution in [2.24, 2.45) is 5.73 Å². The molecule has 82 valence electrons. The Morgan fingerprint density at radius 3 is 2.93 bits per heavy atom. The molecule has 2 N–H and O–H groups in total. The maximum absolute atomic E-state index is 5.70. The van der Waals surface area contributed by atoms with E-state index in [4.69, 9.17) is 15.0 Å². The third kappa shape index (κ3) is 1.46. The summed E-state index contributed by atoms with van der Waals surface area (Å²) in [6.45, 7) is 1.40. The zero-order valence-corrected chi connectivity index (χ0v) is 8.61. The van der Waals surface area contributed by atoms with Crippen molar-refractivity contribution in [1.29, 1.82) is 0 Å². The van der Waals surface area contributed by atoms with E-state index in [0.29, 0.717) is 18.3 Å². The van der Waals surface area contributed by atoms with Crippen molar-refractivity contribution >= 4 is 0 Å². The molecule has 0 bridgehead atoms. The number of nitrogens with two attached hydrogens (primary N) is 1. The normalized spacial score (nSPS) is 28.2. The highest BCUT2D eigenvalue weighted by Gasteiger charge is 2.48. The predicted molar refractivity (Wildman–Crippen MR) is 52.2 cm³/mol. The molecular weight excluding hydrogens is 194 g/mol. The van der Waals surface area contributed by atoms with Gasteiger partial charge >= 0.3 is 0 Å². The van der Waals surface area contributed by atoms with E-state index in [9.17, 15) is 0 Å². The van der Waals surface area contributed by atoms with E-state index in [1.54, 1.807) is 0 Å². The standard InChI is InChI=1S/C10H15N3O2/c11-6-10(3-4-10)9-12-8(13-15-9)7-2-1-5-14-7/h7H,1-6,11H2. The Hall–Kier alpha value is -0.940. The van der Waals surface area contributed by atoms with Gasteiger partial charge in [0.05, 0.1) is 5.41 Å². The van der Waals surface area contributed by atoms with Gasteiger partial charge in [-0.1, -0.05) is 5.16 Å². The van der Waals surface area contributed by atoms with Crippen LogP contribution >= 0.6 is 0 Å². The third-order valence-corrected chi connectivity index (χ3v) is 3.36. The van der Waals surface area contributed by atoms with Crippen molar-refractivity contribution in [1.82, 2.24) is 10.1 Å². The summed E-state index contributed by atoms with van der Waals surface area (Å²) in [7, 11) is 0. The summed E-state index contributed by atoms with van der Waals surface area (Å²) in [5.74, 6) is 1.40. The fraction of sp³-hybridized carbons (Fsp3) is 0.800. The van der Waals surface area contributed by atoms with Crippen LogP contribution in [0.3, 0.4) is 0 Å². The summed E-state index contributed by atoms with van der Waals surface area (Å²) in [5.41, 5.74) is 5.69. The smallest absolute Gasteiger partial charge is 0.234 e. The van der Waals surface area contributed by atoms with Gasteiger partial charge in [-0.25, -0.2) is 0 Å². The summed E-state index contributed by atoms with van der Waals surface area (Å²) in [6, 6.07) is 0. The highest BCUT2D eigenvalue weighted by molar-refractivity contribution is 5.16. The summed E-state index contributed by atoms with van der Waals surface area (Å²) in [5, 5.41) is 3.99. The predicted octanol–water partition coefficient (Wildman–Crippen LogP) is 0.911. The molecule has 1 aliphatic carbocycles. The molecule has 0 amide bonds. The molecule has 0 spiro atoms. The van der Waals surface area contributed by atoms with Crippen LogP contribution in [0.1, 0.15) is 43.5 Å². The topological polar surface area (TPSA) is 74.2 Å². The van der Waals surface area contributed by atoms with E-state index in [0.717, 1.165) is 32.3 Å². The average molecular weight is 209 g/mol. The van der Waals surface area contributed by atoms with Crippen molar-refractivity contribution in [3.05, 3.63) is 11.7 Å². The van der Waals surface area contributed by atoms with E-state index in [-0.39, 0.29) is 11.5 Å². The van der Waals surface area contributed by atoms with Gasteiger partial charge in [0.1, 0.15) is 6.10 Å². The SMILES string of the molecule is NCC1(c2nc(C3CCCO3)no2)CC1. The van der Waals surface area contributed by atoms with Gasteiger partial charge in [0, 0.05) is 13.2 Å². The third-order valence-electron chi connectivity index (χ3n) is 3.36. The summed E-state index contributed by atoms with van der Waals surface area (Å²) < 4.78 is 10.8. The van der Waals surface area contributed by atoms with E-state index in [2.05, 4.69) is 10.1 Å². The van der Waals surface area contributed by atoms with Crippen LogP contribution in [0.15, 0.2) is 4.52 Å². The van der Waals surface area contributed by atoms with Crippen LogP contribution in [-0.2, 0) is 10.2 Å². The highest BCUT2D eigenvalue weighted by atomic mass is 16.5. The monoisotopic (exact) mass is 209 g/mol. The maximum Gasteiger partial charge on any atom is 0.234 e. The molecule has 5 nitrogen and oxygen atoms in total. The lowest BCUT2D eigenvalue weighted by Gasteiger charge is -2.04. The van der Waals surface area contributed by atoms with E-state index in [1.807, 2.05) is 0 Å². The van der Waals surface area contributed by atoms with Gasteiger partial charge in [0.25, 0.3) is 0 Å². The van der Waals surface area contributed by atoms with E-state index >= 15 is 0 Å². The largest absolute Gasteiger partial charge is 0.370 e. The molecule has 1 aliphatic heterocycles. The lowest BCUT2D eigenvalue weighted by Crippen LogP contribution is -2.20. The lowest BCUT2D eigenvalue weighted by atomic mass is 10.1. The number of ether oxygens (including phenoxy) is 1. The molecule has 0 aromatic carbocycles. The quantitative estimate of drug-likeness (QED) is 0.801. The van der Waals surface area contributed by atoms with Gasteiger partial charge in [-0.2, -0.15) is 4.98 Å². The second-order valence-corrected chi connectivity index (χ2v) is 4.44. The lowest BCUT2D eigenvalue weighted by molar-refractivity contribution is 0.103. The van der Waals surface area contributed by atoms with E-state index < -0.39 is 0 Å². The molecule has 1 saturated carbocycles. The molecule has 2 aliphatic rings. The van der Waals surface area contributed by atoms with E-state index in [1.165, 1.54) is 0 Å². The molecule has 1 aromatic heterocycles. The second-order valence-electron chi connectivity index (χ2n) is 4.44.